The lowest BCUT2D eigenvalue weighted by molar-refractivity contribution is 0.115. The highest BCUT2D eigenvalue weighted by molar-refractivity contribution is 6.30. The maximum Gasteiger partial charge on any atom is 0.0789 e. The highest BCUT2D eigenvalue weighted by atomic mass is 35.5. The van der Waals surface area contributed by atoms with Crippen molar-refractivity contribution in [2.45, 2.75) is 6.10 Å². The minimum absolute atomic E-state index is 0.331. The van der Waals surface area contributed by atoms with Gasteiger partial charge in [0.1, 0.15) is 0 Å². The molecule has 1 aromatic carbocycles. The Hall–Kier alpha value is -0.810. The van der Waals surface area contributed by atoms with Crippen LogP contribution >= 0.6 is 11.6 Å². The van der Waals surface area contributed by atoms with Crippen molar-refractivity contribution in [3.05, 3.63) is 29.3 Å². The van der Waals surface area contributed by atoms with E-state index in [1.165, 1.54) is 5.69 Å². The Morgan fingerprint density at radius 2 is 1.78 bits per heavy atom. The summed E-state index contributed by atoms with van der Waals surface area (Å²) in [6.45, 7) is 4.86. The second-order valence-corrected chi connectivity index (χ2v) is 5.09. The number of aliphatic hydroxyl groups is 1. The smallest absolute Gasteiger partial charge is 0.0789 e. The third-order valence-corrected chi connectivity index (χ3v) is 3.56. The zero-order chi connectivity index (χ0) is 13.0. The number of β-amino-alcohol motifs (C(OH)–C–C–N with tert-alkyl or cyclic N) is 1. The van der Waals surface area contributed by atoms with Crippen LogP contribution in [0.4, 0.5) is 5.69 Å². The normalized spacial score (nSPS) is 18.9. The van der Waals surface area contributed by atoms with Crippen LogP contribution < -0.4 is 10.6 Å². The van der Waals surface area contributed by atoms with E-state index in [1.807, 2.05) is 24.3 Å². The summed E-state index contributed by atoms with van der Waals surface area (Å²) in [5.41, 5.74) is 6.63. The number of nitrogens with two attached hydrogens (primary N) is 1. The van der Waals surface area contributed by atoms with Crippen LogP contribution in [-0.2, 0) is 0 Å². The molecule has 0 bridgehead atoms. The van der Waals surface area contributed by atoms with Crippen LogP contribution in [0, 0.1) is 0 Å². The van der Waals surface area contributed by atoms with Crippen LogP contribution in [0.2, 0.25) is 5.02 Å². The first kappa shape index (κ1) is 13.6. The van der Waals surface area contributed by atoms with Crippen molar-refractivity contribution in [1.82, 2.24) is 4.90 Å². The lowest BCUT2D eigenvalue weighted by Gasteiger charge is -2.36. The van der Waals surface area contributed by atoms with Crippen molar-refractivity contribution in [3.63, 3.8) is 0 Å². The largest absolute Gasteiger partial charge is 0.390 e. The molecule has 0 radical (unpaired) electrons. The fraction of sp³-hybridized carbons (Fsp3) is 0.538. The van der Waals surface area contributed by atoms with E-state index in [-0.39, 0.29) is 0 Å². The van der Waals surface area contributed by atoms with Gasteiger partial charge in [-0.1, -0.05) is 11.6 Å². The van der Waals surface area contributed by atoms with Gasteiger partial charge in [-0.15, -0.1) is 0 Å². The molecule has 0 saturated carbocycles. The van der Waals surface area contributed by atoms with Gasteiger partial charge in [-0.05, 0) is 24.3 Å². The van der Waals surface area contributed by atoms with E-state index < -0.39 is 6.10 Å². The monoisotopic (exact) mass is 269 g/mol. The Morgan fingerprint density at radius 1 is 1.17 bits per heavy atom. The Kier molecular flexibility index (Phi) is 4.83. The van der Waals surface area contributed by atoms with Gasteiger partial charge in [0, 0.05) is 50.0 Å². The molecule has 1 aromatic rings. The first-order valence-corrected chi connectivity index (χ1v) is 6.68. The molecule has 1 atom stereocenters. The first-order chi connectivity index (χ1) is 8.69. The highest BCUT2D eigenvalue weighted by Gasteiger charge is 2.18. The summed E-state index contributed by atoms with van der Waals surface area (Å²) < 4.78 is 0. The molecule has 2 rings (SSSR count). The Bertz CT molecular complexity index is 363. The molecule has 0 spiro atoms. The van der Waals surface area contributed by atoms with Crippen LogP contribution in [0.3, 0.4) is 0 Å². The SMILES string of the molecule is NCC(O)CN1CCN(c2ccc(Cl)cc2)CC1. The Labute approximate surface area is 113 Å². The van der Waals surface area contributed by atoms with Crippen LogP contribution in [0.25, 0.3) is 0 Å². The molecule has 0 aliphatic carbocycles. The van der Waals surface area contributed by atoms with E-state index >= 15 is 0 Å². The predicted octanol–water partition coefficient (Wildman–Crippen LogP) is 0.782. The highest BCUT2D eigenvalue weighted by Crippen LogP contribution is 2.19. The van der Waals surface area contributed by atoms with Gasteiger partial charge in [0.05, 0.1) is 6.10 Å². The van der Waals surface area contributed by atoms with Gasteiger partial charge >= 0.3 is 0 Å². The summed E-state index contributed by atoms with van der Waals surface area (Å²) in [5, 5.41) is 10.3. The fourth-order valence-corrected chi connectivity index (χ4v) is 2.34. The molecular formula is C13H20ClN3O. The van der Waals surface area contributed by atoms with Gasteiger partial charge in [-0.25, -0.2) is 0 Å². The number of anilines is 1. The van der Waals surface area contributed by atoms with Gasteiger partial charge in [-0.3, -0.25) is 4.90 Å². The number of hydrogen-bond donors (Lipinski definition) is 2. The van der Waals surface area contributed by atoms with Crippen LogP contribution in [0.5, 0.6) is 0 Å². The summed E-state index contributed by atoms with van der Waals surface area (Å²) in [5.74, 6) is 0. The molecule has 1 heterocycles. The zero-order valence-corrected chi connectivity index (χ0v) is 11.2. The van der Waals surface area contributed by atoms with E-state index in [2.05, 4.69) is 9.80 Å². The first-order valence-electron chi connectivity index (χ1n) is 6.30. The average Bonchev–Trinajstić information content (AvgIpc) is 2.40. The Balaban J connectivity index is 1.84. The van der Waals surface area contributed by atoms with Crippen molar-refractivity contribution in [3.8, 4) is 0 Å². The molecule has 3 N–H and O–H groups in total. The number of piperazine rings is 1. The molecule has 5 heteroatoms. The lowest BCUT2D eigenvalue weighted by Crippen LogP contribution is -2.49. The van der Waals surface area contributed by atoms with Crippen molar-refractivity contribution >= 4 is 17.3 Å². The molecule has 100 valence electrons. The standard InChI is InChI=1S/C13H20ClN3O/c14-11-1-3-12(4-2-11)17-7-5-16(6-8-17)10-13(18)9-15/h1-4,13,18H,5-10,15H2. The van der Waals surface area contributed by atoms with Gasteiger partial charge in [0.25, 0.3) is 0 Å². The molecule has 1 aliphatic heterocycles. The Morgan fingerprint density at radius 3 is 2.33 bits per heavy atom. The van der Waals surface area contributed by atoms with Crippen molar-refractivity contribution in [1.29, 1.82) is 0 Å². The number of benzene rings is 1. The maximum atomic E-state index is 9.53. The third kappa shape index (κ3) is 3.59. The summed E-state index contributed by atoms with van der Waals surface area (Å²) in [6.07, 6.45) is -0.410. The van der Waals surface area contributed by atoms with Crippen LogP contribution in [0.1, 0.15) is 0 Å². The van der Waals surface area contributed by atoms with Gasteiger partial charge in [-0.2, -0.15) is 0 Å². The number of rotatable bonds is 4. The lowest BCUT2D eigenvalue weighted by atomic mass is 10.2. The minimum Gasteiger partial charge on any atom is -0.390 e. The molecule has 1 unspecified atom stereocenters. The van der Waals surface area contributed by atoms with Gasteiger partial charge in [0.15, 0.2) is 0 Å². The predicted molar refractivity (Wildman–Crippen MR) is 75.2 cm³/mol. The van der Waals surface area contributed by atoms with Crippen LogP contribution in [0.15, 0.2) is 24.3 Å². The maximum absolute atomic E-state index is 9.53. The molecule has 1 aliphatic rings. The molecule has 4 nitrogen and oxygen atoms in total. The van der Waals surface area contributed by atoms with Gasteiger partial charge < -0.3 is 15.7 Å². The van der Waals surface area contributed by atoms with E-state index in [0.29, 0.717) is 13.1 Å². The summed E-state index contributed by atoms with van der Waals surface area (Å²) in [4.78, 5) is 4.59. The van der Waals surface area contributed by atoms with E-state index in [9.17, 15) is 5.11 Å². The zero-order valence-electron chi connectivity index (χ0n) is 10.4. The van der Waals surface area contributed by atoms with E-state index in [4.69, 9.17) is 17.3 Å². The molecule has 0 amide bonds. The fourth-order valence-electron chi connectivity index (χ4n) is 2.21. The minimum atomic E-state index is -0.410. The van der Waals surface area contributed by atoms with Crippen molar-refractivity contribution in [2.24, 2.45) is 5.73 Å². The number of nitrogens with zero attached hydrogens (tertiary/aromatic N) is 2. The number of halogens is 1. The van der Waals surface area contributed by atoms with E-state index in [0.717, 1.165) is 31.2 Å². The second-order valence-electron chi connectivity index (χ2n) is 4.65. The molecule has 0 aromatic heterocycles. The molecule has 1 fully saturated rings. The quantitative estimate of drug-likeness (QED) is 0.848. The van der Waals surface area contributed by atoms with E-state index in [1.54, 1.807) is 0 Å². The summed E-state index contributed by atoms with van der Waals surface area (Å²) in [7, 11) is 0. The van der Waals surface area contributed by atoms with Crippen molar-refractivity contribution in [2.75, 3.05) is 44.2 Å². The third-order valence-electron chi connectivity index (χ3n) is 3.31. The summed E-state index contributed by atoms with van der Waals surface area (Å²) >= 11 is 5.88. The van der Waals surface area contributed by atoms with Crippen LogP contribution in [-0.4, -0.2) is 55.4 Å². The molecular weight excluding hydrogens is 250 g/mol. The summed E-state index contributed by atoms with van der Waals surface area (Å²) in [6, 6.07) is 7.93. The topological polar surface area (TPSA) is 52.7 Å². The molecule has 18 heavy (non-hydrogen) atoms. The molecule has 1 saturated heterocycles. The van der Waals surface area contributed by atoms with Crippen molar-refractivity contribution < 1.29 is 5.11 Å². The average molecular weight is 270 g/mol. The van der Waals surface area contributed by atoms with Gasteiger partial charge in [0.2, 0.25) is 0 Å². The number of aliphatic hydroxyl groups excluding tert-OH is 1. The second kappa shape index (κ2) is 6.38. The number of hydrogen-bond acceptors (Lipinski definition) is 4.